The van der Waals surface area contributed by atoms with E-state index in [1.54, 1.807) is 12.1 Å². The van der Waals surface area contributed by atoms with Crippen molar-refractivity contribution in [2.75, 3.05) is 26.2 Å². The third-order valence-electron chi connectivity index (χ3n) is 4.02. The summed E-state index contributed by atoms with van der Waals surface area (Å²) < 4.78 is 18.3. The molecule has 1 aliphatic heterocycles. The minimum absolute atomic E-state index is 0. The lowest BCUT2D eigenvalue weighted by molar-refractivity contribution is 0.277. The van der Waals surface area contributed by atoms with E-state index in [9.17, 15) is 4.39 Å². The molecule has 1 saturated heterocycles. The Morgan fingerprint density at radius 3 is 2.57 bits per heavy atom. The molecule has 0 bridgehead atoms. The van der Waals surface area contributed by atoms with Crippen molar-refractivity contribution in [1.29, 1.82) is 0 Å². The average Bonchev–Trinajstić information content (AvgIpc) is 2.53. The van der Waals surface area contributed by atoms with E-state index in [1.807, 2.05) is 0 Å². The van der Waals surface area contributed by atoms with Crippen molar-refractivity contribution in [3.63, 3.8) is 0 Å². The van der Waals surface area contributed by atoms with Crippen LogP contribution in [0.4, 0.5) is 4.39 Å². The summed E-state index contributed by atoms with van der Waals surface area (Å²) in [6.45, 7) is 5.66. The number of unbranched alkanes of at least 4 members (excludes halogenated alkanes) is 1. The van der Waals surface area contributed by atoms with Gasteiger partial charge < -0.3 is 15.4 Å². The summed E-state index contributed by atoms with van der Waals surface area (Å²) in [6, 6.07) is 6.09. The Morgan fingerprint density at radius 1 is 1.26 bits per heavy atom. The fourth-order valence-corrected chi connectivity index (χ4v) is 2.47. The van der Waals surface area contributed by atoms with Gasteiger partial charge in [0.2, 0.25) is 0 Å². The Bertz CT molecular complexity index is 473. The molecule has 0 unspecified atom stereocenters. The van der Waals surface area contributed by atoms with Gasteiger partial charge in [-0.25, -0.2) is 4.39 Å². The maximum absolute atomic E-state index is 12.7. The van der Waals surface area contributed by atoms with Crippen LogP contribution in [0, 0.1) is 11.7 Å². The third-order valence-corrected chi connectivity index (χ3v) is 4.02. The van der Waals surface area contributed by atoms with Crippen molar-refractivity contribution in [3.05, 3.63) is 30.1 Å². The molecule has 0 atom stereocenters. The van der Waals surface area contributed by atoms with Crippen LogP contribution in [0.2, 0.25) is 0 Å². The van der Waals surface area contributed by atoms with Crippen LogP contribution in [0.15, 0.2) is 29.3 Å². The van der Waals surface area contributed by atoms with Crippen molar-refractivity contribution in [2.45, 2.75) is 32.6 Å². The lowest BCUT2D eigenvalue weighted by atomic mass is 10.00. The fraction of sp³-hybridized carbons (Fsp3) is 0.588. The number of rotatable bonds is 6. The number of nitrogens with two attached hydrogens (primary N) is 1. The van der Waals surface area contributed by atoms with Gasteiger partial charge in [-0.3, -0.25) is 4.99 Å². The van der Waals surface area contributed by atoms with Gasteiger partial charge >= 0.3 is 0 Å². The molecule has 0 aliphatic carbocycles. The van der Waals surface area contributed by atoms with E-state index in [0.29, 0.717) is 18.3 Å². The van der Waals surface area contributed by atoms with Crippen molar-refractivity contribution < 1.29 is 9.13 Å². The fourth-order valence-electron chi connectivity index (χ4n) is 2.47. The van der Waals surface area contributed by atoms with Crippen molar-refractivity contribution >= 4 is 29.9 Å². The van der Waals surface area contributed by atoms with Gasteiger partial charge in [0.1, 0.15) is 11.6 Å². The summed E-state index contributed by atoms with van der Waals surface area (Å²) in [4.78, 5) is 6.62. The molecular weight excluding hydrogens is 408 g/mol. The SMILES string of the molecule is CC1CCN(C(N)=NCCCCOc2ccc(F)cc2)CC1.I. The molecule has 1 aliphatic rings. The van der Waals surface area contributed by atoms with Crippen LogP contribution in [0.3, 0.4) is 0 Å². The van der Waals surface area contributed by atoms with Crippen LogP contribution in [0.25, 0.3) is 0 Å². The number of guanidine groups is 1. The molecule has 1 aromatic rings. The Kier molecular flexibility index (Phi) is 9.28. The van der Waals surface area contributed by atoms with Gasteiger partial charge in [-0.2, -0.15) is 0 Å². The highest BCUT2D eigenvalue weighted by Crippen LogP contribution is 2.15. The Balaban J connectivity index is 0.00000264. The Labute approximate surface area is 155 Å². The minimum atomic E-state index is -0.246. The third kappa shape index (κ3) is 7.37. The van der Waals surface area contributed by atoms with E-state index in [1.165, 1.54) is 25.0 Å². The topological polar surface area (TPSA) is 50.8 Å². The molecule has 1 fully saturated rings. The van der Waals surface area contributed by atoms with Gasteiger partial charge in [0.15, 0.2) is 5.96 Å². The molecular formula is C17H27FIN3O. The molecule has 6 heteroatoms. The zero-order valence-corrected chi connectivity index (χ0v) is 16.0. The number of benzene rings is 1. The normalized spacial score (nSPS) is 16.1. The molecule has 0 amide bonds. The first-order valence-electron chi connectivity index (χ1n) is 8.08. The highest BCUT2D eigenvalue weighted by molar-refractivity contribution is 14.0. The maximum atomic E-state index is 12.7. The number of likely N-dealkylation sites (tertiary alicyclic amines) is 1. The lowest BCUT2D eigenvalue weighted by Gasteiger charge is -2.31. The van der Waals surface area contributed by atoms with E-state index in [2.05, 4.69) is 16.8 Å². The van der Waals surface area contributed by atoms with Gasteiger partial charge in [-0.15, -0.1) is 24.0 Å². The highest BCUT2D eigenvalue weighted by atomic mass is 127. The summed E-state index contributed by atoms with van der Waals surface area (Å²) in [6.07, 6.45) is 4.24. The number of nitrogens with zero attached hydrogens (tertiary/aromatic N) is 2. The van der Waals surface area contributed by atoms with Gasteiger partial charge in [0.25, 0.3) is 0 Å². The highest BCUT2D eigenvalue weighted by Gasteiger charge is 2.16. The average molecular weight is 435 g/mol. The van der Waals surface area contributed by atoms with Gasteiger partial charge in [-0.05, 0) is 55.9 Å². The van der Waals surface area contributed by atoms with Crippen molar-refractivity contribution in [2.24, 2.45) is 16.6 Å². The number of piperidine rings is 1. The quantitative estimate of drug-likeness (QED) is 0.321. The number of ether oxygens (including phenoxy) is 1. The monoisotopic (exact) mass is 435 g/mol. The van der Waals surface area contributed by atoms with E-state index in [0.717, 1.165) is 38.4 Å². The molecule has 4 nitrogen and oxygen atoms in total. The smallest absolute Gasteiger partial charge is 0.191 e. The Hall–Kier alpha value is -1.05. The second-order valence-corrected chi connectivity index (χ2v) is 5.92. The predicted octanol–water partition coefficient (Wildman–Crippen LogP) is 3.65. The molecule has 0 saturated carbocycles. The number of aliphatic imine (C=N–C) groups is 1. The number of halogens is 2. The van der Waals surface area contributed by atoms with E-state index in [-0.39, 0.29) is 29.8 Å². The first-order chi connectivity index (χ1) is 10.6. The van der Waals surface area contributed by atoms with Crippen LogP contribution < -0.4 is 10.5 Å². The zero-order chi connectivity index (χ0) is 15.8. The molecule has 0 spiro atoms. The molecule has 1 aromatic carbocycles. The summed E-state index contributed by atoms with van der Waals surface area (Å²) in [5, 5.41) is 0. The standard InChI is InChI=1S/C17H26FN3O.HI/c1-14-8-11-21(12-9-14)17(19)20-10-2-3-13-22-16-6-4-15(18)5-7-16;/h4-7,14H,2-3,8-13H2,1H3,(H2,19,20);1H. The molecule has 2 rings (SSSR count). The second-order valence-electron chi connectivity index (χ2n) is 5.92. The molecule has 0 radical (unpaired) electrons. The maximum Gasteiger partial charge on any atom is 0.191 e. The van der Waals surface area contributed by atoms with Crippen LogP contribution in [0.1, 0.15) is 32.6 Å². The molecule has 23 heavy (non-hydrogen) atoms. The molecule has 2 N–H and O–H groups in total. The minimum Gasteiger partial charge on any atom is -0.494 e. The first kappa shape index (κ1) is 20.0. The van der Waals surface area contributed by atoms with Crippen LogP contribution in [0.5, 0.6) is 5.75 Å². The molecule has 1 heterocycles. The summed E-state index contributed by atoms with van der Waals surface area (Å²) in [5.41, 5.74) is 6.02. The second kappa shape index (κ2) is 10.7. The first-order valence-corrected chi connectivity index (χ1v) is 8.08. The zero-order valence-electron chi connectivity index (χ0n) is 13.7. The number of hydrogen-bond donors (Lipinski definition) is 1. The van der Waals surface area contributed by atoms with Crippen molar-refractivity contribution in [1.82, 2.24) is 4.90 Å². The summed E-state index contributed by atoms with van der Waals surface area (Å²) in [5.74, 6) is 1.93. The summed E-state index contributed by atoms with van der Waals surface area (Å²) >= 11 is 0. The van der Waals surface area contributed by atoms with E-state index in [4.69, 9.17) is 10.5 Å². The largest absolute Gasteiger partial charge is 0.494 e. The van der Waals surface area contributed by atoms with Crippen LogP contribution >= 0.6 is 24.0 Å². The van der Waals surface area contributed by atoms with E-state index >= 15 is 0 Å². The van der Waals surface area contributed by atoms with Gasteiger partial charge in [0, 0.05) is 19.6 Å². The van der Waals surface area contributed by atoms with Crippen LogP contribution in [-0.4, -0.2) is 37.1 Å². The predicted molar refractivity (Wildman–Crippen MR) is 103 cm³/mol. The van der Waals surface area contributed by atoms with E-state index < -0.39 is 0 Å². The van der Waals surface area contributed by atoms with Gasteiger partial charge in [0.05, 0.1) is 6.61 Å². The van der Waals surface area contributed by atoms with Crippen LogP contribution in [-0.2, 0) is 0 Å². The van der Waals surface area contributed by atoms with Gasteiger partial charge in [-0.1, -0.05) is 6.92 Å². The Morgan fingerprint density at radius 2 is 1.91 bits per heavy atom. The lowest BCUT2D eigenvalue weighted by Crippen LogP contribution is -2.42. The van der Waals surface area contributed by atoms with Crippen molar-refractivity contribution in [3.8, 4) is 5.75 Å². The molecule has 130 valence electrons. The summed E-state index contributed by atoms with van der Waals surface area (Å²) in [7, 11) is 0. The number of hydrogen-bond acceptors (Lipinski definition) is 2. The molecule has 0 aromatic heterocycles.